The number of nitrogens with one attached hydrogen (secondary N) is 1. The molecular weight excluding hydrogens is 368 g/mol. The average Bonchev–Trinajstić information content (AvgIpc) is 3.32. The molecule has 2 aromatic heterocycles. The van der Waals surface area contributed by atoms with Crippen LogP contribution >= 0.6 is 11.6 Å². The number of amides is 1. The molecule has 8 heteroatoms. The van der Waals surface area contributed by atoms with Crippen LogP contribution in [0.25, 0.3) is 11.7 Å². The predicted molar refractivity (Wildman–Crippen MR) is 101 cm³/mol. The number of furan rings is 1. The van der Waals surface area contributed by atoms with Crippen molar-refractivity contribution in [3.63, 3.8) is 0 Å². The Hall–Kier alpha value is -2.64. The largest absolute Gasteiger partial charge is 0.459 e. The van der Waals surface area contributed by atoms with E-state index in [0.717, 1.165) is 18.5 Å². The highest BCUT2D eigenvalue weighted by molar-refractivity contribution is 6.30. The normalized spacial score (nSPS) is 11.1. The number of halogens is 1. The quantitative estimate of drug-likeness (QED) is 0.603. The summed E-state index contributed by atoms with van der Waals surface area (Å²) in [5, 5.41) is 11.6. The van der Waals surface area contributed by atoms with E-state index in [9.17, 15) is 4.79 Å². The first-order chi connectivity index (χ1) is 13.1. The molecule has 3 aromatic rings. The molecule has 142 valence electrons. The van der Waals surface area contributed by atoms with Crippen molar-refractivity contribution in [2.24, 2.45) is 0 Å². The van der Waals surface area contributed by atoms with E-state index in [1.807, 2.05) is 23.1 Å². The fourth-order valence-electron chi connectivity index (χ4n) is 2.65. The molecule has 0 fully saturated rings. The van der Waals surface area contributed by atoms with Gasteiger partial charge in [0.15, 0.2) is 5.76 Å². The van der Waals surface area contributed by atoms with Gasteiger partial charge in [-0.1, -0.05) is 30.7 Å². The second-order valence-corrected chi connectivity index (χ2v) is 6.53. The van der Waals surface area contributed by atoms with E-state index in [1.54, 1.807) is 24.5 Å². The summed E-state index contributed by atoms with van der Waals surface area (Å²) in [5.41, 5.74) is 0.956. The Morgan fingerprint density at radius 2 is 2.15 bits per heavy atom. The van der Waals surface area contributed by atoms with Crippen molar-refractivity contribution < 1.29 is 13.6 Å². The van der Waals surface area contributed by atoms with E-state index < -0.39 is 0 Å². The lowest BCUT2D eigenvalue weighted by Crippen LogP contribution is -2.37. The van der Waals surface area contributed by atoms with Gasteiger partial charge in [-0.15, -0.1) is 10.2 Å². The van der Waals surface area contributed by atoms with Crippen molar-refractivity contribution in [2.45, 2.75) is 26.4 Å². The molecule has 2 heterocycles. The van der Waals surface area contributed by atoms with E-state index in [0.29, 0.717) is 35.7 Å². The Morgan fingerprint density at radius 3 is 2.89 bits per heavy atom. The van der Waals surface area contributed by atoms with Gasteiger partial charge in [0.2, 0.25) is 11.8 Å². The van der Waals surface area contributed by atoms with Crippen LogP contribution < -0.4 is 5.32 Å². The van der Waals surface area contributed by atoms with Gasteiger partial charge in [0, 0.05) is 11.6 Å². The molecular formula is C19H21ClN4O3. The number of benzene rings is 1. The van der Waals surface area contributed by atoms with Crippen LogP contribution in [0.1, 0.15) is 24.8 Å². The van der Waals surface area contributed by atoms with Crippen LogP contribution in [0.2, 0.25) is 5.02 Å². The van der Waals surface area contributed by atoms with Crippen molar-refractivity contribution in [3.8, 4) is 11.7 Å². The molecule has 0 unspecified atom stereocenters. The third-order valence-electron chi connectivity index (χ3n) is 3.84. The van der Waals surface area contributed by atoms with Crippen molar-refractivity contribution in [3.05, 3.63) is 59.1 Å². The second kappa shape index (κ2) is 9.34. The van der Waals surface area contributed by atoms with Gasteiger partial charge in [-0.2, -0.15) is 0 Å². The highest BCUT2D eigenvalue weighted by Crippen LogP contribution is 2.18. The minimum Gasteiger partial charge on any atom is -0.459 e. The molecule has 1 aromatic carbocycles. The Bertz CT molecular complexity index is 863. The molecule has 0 atom stereocenters. The molecule has 0 bridgehead atoms. The summed E-state index contributed by atoms with van der Waals surface area (Å²) in [6.45, 7) is 3.86. The van der Waals surface area contributed by atoms with E-state index in [1.165, 1.54) is 0 Å². The number of aromatic nitrogens is 2. The van der Waals surface area contributed by atoms with E-state index in [4.69, 9.17) is 20.4 Å². The summed E-state index contributed by atoms with van der Waals surface area (Å²) in [5.74, 6) is 1.22. The smallest absolute Gasteiger partial charge is 0.283 e. The lowest BCUT2D eigenvalue weighted by molar-refractivity contribution is -0.122. The molecule has 0 spiro atoms. The van der Waals surface area contributed by atoms with Gasteiger partial charge in [-0.3, -0.25) is 9.69 Å². The molecule has 0 aliphatic carbocycles. The zero-order valence-electron chi connectivity index (χ0n) is 15.0. The van der Waals surface area contributed by atoms with Gasteiger partial charge in [-0.25, -0.2) is 0 Å². The zero-order chi connectivity index (χ0) is 19.1. The molecule has 1 N–H and O–H groups in total. The number of nitrogens with zero attached hydrogens (tertiary/aromatic N) is 3. The first-order valence-corrected chi connectivity index (χ1v) is 9.11. The third-order valence-corrected chi connectivity index (χ3v) is 4.08. The molecule has 0 saturated heterocycles. The molecule has 7 nitrogen and oxygen atoms in total. The minimum absolute atomic E-state index is 0.0748. The SMILES string of the molecule is CCCN(CC(=O)NCc1cccc(Cl)c1)Cc1nnc(-c2ccco2)o1. The van der Waals surface area contributed by atoms with Crippen molar-refractivity contribution in [1.29, 1.82) is 0 Å². The Balaban J connectivity index is 1.54. The number of hydrogen-bond donors (Lipinski definition) is 1. The molecule has 0 saturated carbocycles. The maximum atomic E-state index is 12.3. The average molecular weight is 389 g/mol. The number of carbonyl (C=O) groups is 1. The minimum atomic E-state index is -0.0748. The molecule has 0 aliphatic heterocycles. The van der Waals surface area contributed by atoms with Crippen molar-refractivity contribution >= 4 is 17.5 Å². The van der Waals surface area contributed by atoms with Crippen LogP contribution in [-0.4, -0.2) is 34.1 Å². The summed E-state index contributed by atoms with van der Waals surface area (Å²) >= 11 is 5.96. The zero-order valence-corrected chi connectivity index (χ0v) is 15.8. The van der Waals surface area contributed by atoms with Crippen LogP contribution in [0.5, 0.6) is 0 Å². The predicted octanol–water partition coefficient (Wildman–Crippen LogP) is 3.51. The maximum Gasteiger partial charge on any atom is 0.283 e. The van der Waals surface area contributed by atoms with Crippen molar-refractivity contribution in [2.75, 3.05) is 13.1 Å². The topological polar surface area (TPSA) is 84.4 Å². The van der Waals surface area contributed by atoms with Gasteiger partial charge in [0.05, 0.1) is 19.4 Å². The number of rotatable bonds is 9. The van der Waals surface area contributed by atoms with E-state index in [2.05, 4.69) is 22.4 Å². The lowest BCUT2D eigenvalue weighted by atomic mass is 10.2. The Morgan fingerprint density at radius 1 is 1.26 bits per heavy atom. The van der Waals surface area contributed by atoms with Crippen LogP contribution in [0, 0.1) is 0 Å². The Kier molecular flexibility index (Phi) is 6.62. The summed E-state index contributed by atoms with van der Waals surface area (Å²) in [7, 11) is 0. The van der Waals surface area contributed by atoms with Gasteiger partial charge in [0.1, 0.15) is 0 Å². The fraction of sp³-hybridized carbons (Fsp3) is 0.316. The van der Waals surface area contributed by atoms with Crippen LogP contribution in [-0.2, 0) is 17.9 Å². The summed E-state index contributed by atoms with van der Waals surface area (Å²) in [6.07, 6.45) is 2.45. The van der Waals surface area contributed by atoms with E-state index in [-0.39, 0.29) is 12.5 Å². The highest BCUT2D eigenvalue weighted by atomic mass is 35.5. The molecule has 0 aliphatic rings. The van der Waals surface area contributed by atoms with Crippen molar-refractivity contribution in [1.82, 2.24) is 20.4 Å². The number of hydrogen-bond acceptors (Lipinski definition) is 6. The third kappa shape index (κ3) is 5.67. The molecule has 0 radical (unpaired) electrons. The van der Waals surface area contributed by atoms with Gasteiger partial charge in [0.25, 0.3) is 5.89 Å². The fourth-order valence-corrected chi connectivity index (χ4v) is 2.86. The second-order valence-electron chi connectivity index (χ2n) is 6.10. The Labute approximate surface area is 162 Å². The van der Waals surface area contributed by atoms with Crippen LogP contribution in [0.3, 0.4) is 0 Å². The summed E-state index contributed by atoms with van der Waals surface area (Å²) in [6, 6.07) is 10.9. The summed E-state index contributed by atoms with van der Waals surface area (Å²) in [4.78, 5) is 14.3. The molecule has 1 amide bonds. The highest BCUT2D eigenvalue weighted by Gasteiger charge is 2.16. The molecule has 27 heavy (non-hydrogen) atoms. The van der Waals surface area contributed by atoms with Gasteiger partial charge < -0.3 is 14.2 Å². The first kappa shape index (κ1) is 19.1. The maximum absolute atomic E-state index is 12.3. The van der Waals surface area contributed by atoms with Crippen LogP contribution in [0.4, 0.5) is 0 Å². The monoisotopic (exact) mass is 388 g/mol. The van der Waals surface area contributed by atoms with Crippen LogP contribution in [0.15, 0.2) is 51.5 Å². The van der Waals surface area contributed by atoms with E-state index >= 15 is 0 Å². The first-order valence-electron chi connectivity index (χ1n) is 8.74. The lowest BCUT2D eigenvalue weighted by Gasteiger charge is -2.19. The number of carbonyl (C=O) groups excluding carboxylic acids is 1. The van der Waals surface area contributed by atoms with Gasteiger partial charge in [-0.05, 0) is 42.8 Å². The standard InChI is InChI=1S/C19H21ClN4O3/c1-2-8-24(12-17(25)21-11-14-5-3-6-15(20)10-14)13-18-22-23-19(27-18)16-7-4-9-26-16/h3-7,9-10H,2,8,11-13H2,1H3,(H,21,25). The summed E-state index contributed by atoms with van der Waals surface area (Å²) < 4.78 is 10.9. The van der Waals surface area contributed by atoms with Gasteiger partial charge >= 0.3 is 0 Å². The molecule has 3 rings (SSSR count).